The molecule has 0 heterocycles. The van der Waals surface area contributed by atoms with Crippen LogP contribution in [0.1, 0.15) is 107 Å². The highest BCUT2D eigenvalue weighted by Gasteiger charge is 2.36. The summed E-state index contributed by atoms with van der Waals surface area (Å²) in [4.78, 5) is 63.1. The minimum atomic E-state index is -1.59. The number of ether oxygens (including phenoxy) is 2. The summed E-state index contributed by atoms with van der Waals surface area (Å²) < 4.78 is 11.6. The van der Waals surface area contributed by atoms with E-state index in [0.717, 1.165) is 48.8 Å². The molecule has 1 N–H and O–H groups in total. The first-order chi connectivity index (χ1) is 19.8. The van der Waals surface area contributed by atoms with Crippen molar-refractivity contribution in [3.63, 3.8) is 0 Å². The maximum Gasteiger partial charge on any atom is 0.311 e. The molecule has 2 aromatic rings. The maximum absolute atomic E-state index is 13.6. The number of nitrogens with zero attached hydrogens (tertiary/aromatic N) is 1. The lowest BCUT2D eigenvalue weighted by Gasteiger charge is -2.23. The molecule has 0 aromatic heterocycles. The third-order valence-electron chi connectivity index (χ3n) is 6.49. The van der Waals surface area contributed by atoms with Gasteiger partial charge in [0.25, 0.3) is 0 Å². The molecular weight excluding hydrogens is 542 g/mol. The standard InChI is InChI=1S/C27H28O8.C5H14NO/c1-3-5-7-12-21(28)34-19-11-9-10-17-23(19)26(31)24-18(25(17)30)14-16(27(32)33)15-20(24)35-22(29)13-8-6-4-2;1-6(2,3)4-5-7/h9-11,14-15H,3-8,12-13H2,1-2H3,(H,32,33);7H,4-5H2,1-3H3/q;+1/p-1. The zero-order valence-electron chi connectivity index (χ0n) is 25.1. The molecule has 0 radical (unpaired) electrons. The van der Waals surface area contributed by atoms with Crippen LogP contribution in [0, 0.1) is 0 Å². The zero-order valence-corrected chi connectivity index (χ0v) is 25.1. The van der Waals surface area contributed by atoms with E-state index in [9.17, 15) is 29.1 Å². The van der Waals surface area contributed by atoms with E-state index < -0.39 is 35.0 Å². The first kappa shape index (κ1) is 34.3. The third-order valence-corrected chi connectivity index (χ3v) is 6.49. The second-order valence-corrected chi connectivity index (χ2v) is 11.1. The number of aliphatic hydroxyl groups excluding tert-OH is 1. The van der Waals surface area contributed by atoms with Crippen LogP contribution in [0.2, 0.25) is 0 Å². The van der Waals surface area contributed by atoms with Crippen LogP contribution < -0.4 is 14.6 Å². The van der Waals surface area contributed by atoms with Crippen LogP contribution in [-0.2, 0) is 9.59 Å². The number of carbonyl (C=O) groups is 5. The number of hydrogen-bond donors (Lipinski definition) is 1. The third kappa shape index (κ3) is 9.60. The van der Waals surface area contributed by atoms with Gasteiger partial charge in [0.1, 0.15) is 18.0 Å². The molecule has 42 heavy (non-hydrogen) atoms. The number of ketones is 2. The highest BCUT2D eigenvalue weighted by Crippen LogP contribution is 2.38. The van der Waals surface area contributed by atoms with E-state index in [1.165, 1.54) is 18.2 Å². The van der Waals surface area contributed by atoms with Gasteiger partial charge in [-0.2, -0.15) is 0 Å². The van der Waals surface area contributed by atoms with E-state index in [4.69, 9.17) is 14.6 Å². The fraction of sp³-hybridized carbons (Fsp3) is 0.469. The Hall–Kier alpha value is -3.89. The minimum Gasteiger partial charge on any atom is -0.545 e. The molecule has 0 aliphatic heterocycles. The number of carbonyl (C=O) groups excluding carboxylic acids is 5. The van der Waals surface area contributed by atoms with Gasteiger partial charge in [0, 0.05) is 29.5 Å². The average Bonchev–Trinajstić information content (AvgIpc) is 2.91. The molecule has 228 valence electrons. The van der Waals surface area contributed by atoms with Crippen molar-refractivity contribution in [1.29, 1.82) is 0 Å². The normalized spacial score (nSPS) is 12.0. The summed E-state index contributed by atoms with van der Waals surface area (Å²) >= 11 is 0. The fourth-order valence-electron chi connectivity index (χ4n) is 4.22. The van der Waals surface area contributed by atoms with Crippen LogP contribution in [-0.4, -0.2) is 73.4 Å². The Kier molecular flexibility index (Phi) is 13.0. The summed E-state index contributed by atoms with van der Waals surface area (Å²) in [6.45, 7) is 5.09. The van der Waals surface area contributed by atoms with Crippen molar-refractivity contribution in [2.75, 3.05) is 34.3 Å². The number of quaternary nitrogens is 1. The molecule has 0 unspecified atom stereocenters. The predicted molar refractivity (Wildman–Crippen MR) is 154 cm³/mol. The molecule has 0 bridgehead atoms. The zero-order chi connectivity index (χ0) is 31.4. The summed E-state index contributed by atoms with van der Waals surface area (Å²) in [5, 5.41) is 19.9. The minimum absolute atomic E-state index is 0.0305. The number of likely N-dealkylation sites (N-methyl/N-ethyl adjacent to an activating group) is 1. The van der Waals surface area contributed by atoms with Crippen molar-refractivity contribution in [2.24, 2.45) is 0 Å². The van der Waals surface area contributed by atoms with Gasteiger partial charge in [-0.15, -0.1) is 0 Å². The Balaban J connectivity index is 0.000000782. The molecule has 1 aliphatic carbocycles. The van der Waals surface area contributed by atoms with E-state index in [2.05, 4.69) is 21.1 Å². The topological polar surface area (TPSA) is 147 Å². The second-order valence-electron chi connectivity index (χ2n) is 11.1. The smallest absolute Gasteiger partial charge is 0.311 e. The number of unbranched alkanes of at least 4 members (excludes halogenated alkanes) is 4. The van der Waals surface area contributed by atoms with Crippen molar-refractivity contribution >= 4 is 29.5 Å². The Morgan fingerprint density at radius 2 is 1.33 bits per heavy atom. The van der Waals surface area contributed by atoms with Crippen LogP contribution >= 0.6 is 0 Å². The van der Waals surface area contributed by atoms with Crippen LogP contribution in [0.3, 0.4) is 0 Å². The number of aromatic carboxylic acids is 1. The largest absolute Gasteiger partial charge is 0.545 e. The highest BCUT2D eigenvalue weighted by molar-refractivity contribution is 6.30. The molecule has 0 fully saturated rings. The summed E-state index contributed by atoms with van der Waals surface area (Å²) in [5.74, 6) is -4.53. The molecule has 0 atom stereocenters. The number of carboxylic acids is 1. The molecule has 1 aliphatic rings. The van der Waals surface area contributed by atoms with Gasteiger partial charge in [-0.1, -0.05) is 51.7 Å². The summed E-state index contributed by atoms with van der Waals surface area (Å²) in [6.07, 6.45) is 4.86. The Morgan fingerprint density at radius 1 is 0.786 bits per heavy atom. The predicted octanol–water partition coefficient (Wildman–Crippen LogP) is 3.48. The van der Waals surface area contributed by atoms with Crippen LogP contribution in [0.5, 0.6) is 11.5 Å². The number of benzene rings is 2. The number of hydrogen-bond acceptors (Lipinski definition) is 9. The van der Waals surface area contributed by atoms with Crippen molar-refractivity contribution in [3.8, 4) is 11.5 Å². The van der Waals surface area contributed by atoms with Gasteiger partial charge in [-0.05, 0) is 31.0 Å². The first-order valence-corrected chi connectivity index (χ1v) is 14.3. The number of aliphatic hydroxyl groups is 1. The van der Waals surface area contributed by atoms with Gasteiger partial charge >= 0.3 is 11.9 Å². The summed E-state index contributed by atoms with van der Waals surface area (Å²) in [5.41, 5.74) is -1.02. The van der Waals surface area contributed by atoms with Crippen LogP contribution in [0.4, 0.5) is 0 Å². The summed E-state index contributed by atoms with van der Waals surface area (Å²) in [6, 6.07) is 6.32. The van der Waals surface area contributed by atoms with E-state index in [0.29, 0.717) is 12.8 Å². The summed E-state index contributed by atoms with van der Waals surface area (Å²) in [7, 11) is 6.16. The van der Waals surface area contributed by atoms with Crippen LogP contribution in [0.25, 0.3) is 0 Å². The Morgan fingerprint density at radius 3 is 1.81 bits per heavy atom. The lowest BCUT2D eigenvalue weighted by molar-refractivity contribution is -0.870. The van der Waals surface area contributed by atoms with E-state index in [-0.39, 0.29) is 53.2 Å². The molecule has 0 saturated heterocycles. The second kappa shape index (κ2) is 15.9. The lowest BCUT2D eigenvalue weighted by Crippen LogP contribution is -2.36. The van der Waals surface area contributed by atoms with Gasteiger partial charge in [-0.3, -0.25) is 19.2 Å². The van der Waals surface area contributed by atoms with Crippen molar-refractivity contribution in [3.05, 3.63) is 58.1 Å². The highest BCUT2D eigenvalue weighted by atomic mass is 16.5. The molecule has 0 amide bonds. The lowest BCUT2D eigenvalue weighted by atomic mass is 9.82. The number of rotatable bonds is 13. The van der Waals surface area contributed by atoms with Crippen molar-refractivity contribution < 1.29 is 48.1 Å². The quantitative estimate of drug-likeness (QED) is 0.138. The van der Waals surface area contributed by atoms with Gasteiger partial charge in [0.05, 0.1) is 44.8 Å². The Labute approximate surface area is 246 Å². The van der Waals surface area contributed by atoms with Crippen LogP contribution in [0.15, 0.2) is 30.3 Å². The molecule has 2 aromatic carbocycles. The van der Waals surface area contributed by atoms with Gasteiger partial charge in [0.15, 0.2) is 5.78 Å². The van der Waals surface area contributed by atoms with Crippen molar-refractivity contribution in [1.82, 2.24) is 0 Å². The Bertz CT molecular complexity index is 1310. The van der Waals surface area contributed by atoms with Gasteiger partial charge in [-0.25, -0.2) is 0 Å². The molecule has 0 saturated carbocycles. The number of fused-ring (bicyclic) bond motifs is 2. The van der Waals surface area contributed by atoms with E-state index >= 15 is 0 Å². The molecule has 10 nitrogen and oxygen atoms in total. The maximum atomic E-state index is 13.6. The number of esters is 2. The molecular formula is C32H41NO9. The monoisotopic (exact) mass is 583 g/mol. The fourth-order valence-corrected chi connectivity index (χ4v) is 4.22. The van der Waals surface area contributed by atoms with Gasteiger partial charge < -0.3 is 29.0 Å². The SMILES string of the molecule is CCCCCC(=O)Oc1cccc2c1C(=O)c1c(OC(=O)CCCCC)cc(C(=O)[O-])cc1C2=O.C[N+](C)(C)CCO. The number of carboxylic acid groups (broad SMARTS) is 1. The average molecular weight is 584 g/mol. The van der Waals surface area contributed by atoms with E-state index in [1.807, 2.05) is 13.8 Å². The molecule has 10 heteroatoms. The van der Waals surface area contributed by atoms with Gasteiger partial charge in [0.2, 0.25) is 5.78 Å². The van der Waals surface area contributed by atoms with Crippen molar-refractivity contribution in [2.45, 2.75) is 65.2 Å². The van der Waals surface area contributed by atoms with E-state index in [1.54, 1.807) is 0 Å². The molecule has 0 spiro atoms. The first-order valence-electron chi connectivity index (χ1n) is 14.3. The molecule has 3 rings (SSSR count).